The van der Waals surface area contributed by atoms with Crippen LogP contribution in [-0.2, 0) is 0 Å². The van der Waals surface area contributed by atoms with E-state index in [0.717, 1.165) is 11.6 Å². The maximum atomic E-state index is 5.24. The molecule has 0 aliphatic carbocycles. The summed E-state index contributed by atoms with van der Waals surface area (Å²) in [6.07, 6.45) is 5.05. The van der Waals surface area contributed by atoms with Crippen molar-refractivity contribution in [1.29, 1.82) is 0 Å². The third-order valence-corrected chi connectivity index (χ3v) is 4.37. The molecule has 1 aromatic rings. The highest BCUT2D eigenvalue weighted by atomic mass is 16.5. The second kappa shape index (κ2) is 4.96. The number of piperidine rings is 1. The van der Waals surface area contributed by atoms with Gasteiger partial charge >= 0.3 is 0 Å². The molecule has 104 valence electrons. The molecule has 3 heterocycles. The summed E-state index contributed by atoms with van der Waals surface area (Å²) in [6.45, 7) is 1.91. The van der Waals surface area contributed by atoms with Crippen molar-refractivity contribution < 1.29 is 4.74 Å². The second-order valence-corrected chi connectivity index (χ2v) is 5.69. The summed E-state index contributed by atoms with van der Waals surface area (Å²) in [4.78, 5) is 11.1. The van der Waals surface area contributed by atoms with Crippen LogP contribution in [0.25, 0.3) is 0 Å². The zero-order valence-electron chi connectivity index (χ0n) is 11.9. The molecule has 1 N–H and O–H groups in total. The van der Waals surface area contributed by atoms with Crippen LogP contribution in [0, 0.1) is 6.92 Å². The van der Waals surface area contributed by atoms with Gasteiger partial charge in [-0.05, 0) is 32.6 Å². The van der Waals surface area contributed by atoms with Crippen LogP contribution in [0.15, 0.2) is 6.07 Å². The quantitative estimate of drug-likeness (QED) is 0.895. The Balaban J connectivity index is 1.79. The predicted molar refractivity (Wildman–Crippen MR) is 74.7 cm³/mol. The average Bonchev–Trinajstić information content (AvgIpc) is 2.75. The van der Waals surface area contributed by atoms with Crippen LogP contribution >= 0.6 is 0 Å². The maximum Gasteiger partial charge on any atom is 0.218 e. The molecule has 5 nitrogen and oxygen atoms in total. The van der Waals surface area contributed by atoms with Crippen LogP contribution in [0.4, 0.5) is 5.82 Å². The van der Waals surface area contributed by atoms with Crippen LogP contribution in [0.5, 0.6) is 5.88 Å². The first kappa shape index (κ1) is 12.7. The van der Waals surface area contributed by atoms with Crippen molar-refractivity contribution in [3.8, 4) is 5.88 Å². The molecule has 2 bridgehead atoms. The first-order valence-corrected chi connectivity index (χ1v) is 7.04. The molecule has 3 rings (SSSR count). The van der Waals surface area contributed by atoms with E-state index < -0.39 is 0 Å². The smallest absolute Gasteiger partial charge is 0.218 e. The lowest BCUT2D eigenvalue weighted by Crippen LogP contribution is -2.47. The van der Waals surface area contributed by atoms with Crippen molar-refractivity contribution in [2.45, 2.75) is 50.7 Å². The standard InChI is InChI=1S/C14H22N4O/c1-9-15-13(8-14(16-9)19-3)18(2)12-6-10-4-5-11(7-12)17-10/h8,10-12,17H,4-7H2,1-3H3. The summed E-state index contributed by atoms with van der Waals surface area (Å²) in [6, 6.07) is 3.88. The molecule has 19 heavy (non-hydrogen) atoms. The average molecular weight is 262 g/mol. The van der Waals surface area contributed by atoms with E-state index in [1.54, 1.807) is 7.11 Å². The Kier molecular flexibility index (Phi) is 3.31. The van der Waals surface area contributed by atoms with Gasteiger partial charge in [0, 0.05) is 31.2 Å². The molecular formula is C14H22N4O. The SMILES string of the molecule is COc1cc(N(C)C2CC3CCC(C2)N3)nc(C)n1. The van der Waals surface area contributed by atoms with Gasteiger partial charge in [-0.3, -0.25) is 0 Å². The van der Waals surface area contributed by atoms with E-state index in [9.17, 15) is 0 Å². The molecule has 2 aliphatic heterocycles. The Morgan fingerprint density at radius 1 is 1.26 bits per heavy atom. The predicted octanol–water partition coefficient (Wildman–Crippen LogP) is 1.51. The molecule has 2 unspecified atom stereocenters. The van der Waals surface area contributed by atoms with Gasteiger partial charge in [0.2, 0.25) is 5.88 Å². The lowest BCUT2D eigenvalue weighted by molar-refractivity contribution is 0.353. The summed E-state index contributed by atoms with van der Waals surface area (Å²) < 4.78 is 5.24. The molecule has 0 amide bonds. The molecule has 2 saturated heterocycles. The molecule has 0 radical (unpaired) electrons. The normalized spacial score (nSPS) is 29.3. The highest BCUT2D eigenvalue weighted by molar-refractivity contribution is 5.42. The molecule has 5 heteroatoms. The molecule has 2 fully saturated rings. The number of methoxy groups -OCH3 is 1. The van der Waals surface area contributed by atoms with Gasteiger partial charge in [0.15, 0.2) is 0 Å². The first-order chi connectivity index (χ1) is 9.15. The number of aryl methyl sites for hydroxylation is 1. The van der Waals surface area contributed by atoms with Gasteiger partial charge < -0.3 is 15.0 Å². The Morgan fingerprint density at radius 3 is 2.58 bits per heavy atom. The summed E-state index contributed by atoms with van der Waals surface area (Å²) in [7, 11) is 3.78. The van der Waals surface area contributed by atoms with E-state index in [1.165, 1.54) is 25.7 Å². The molecule has 1 aromatic heterocycles. The number of aromatic nitrogens is 2. The van der Waals surface area contributed by atoms with Crippen molar-refractivity contribution in [3.05, 3.63) is 11.9 Å². The van der Waals surface area contributed by atoms with E-state index in [0.29, 0.717) is 24.0 Å². The van der Waals surface area contributed by atoms with Crippen LogP contribution in [0.2, 0.25) is 0 Å². The van der Waals surface area contributed by atoms with E-state index in [-0.39, 0.29) is 0 Å². The van der Waals surface area contributed by atoms with Crippen molar-refractivity contribution in [2.75, 3.05) is 19.1 Å². The van der Waals surface area contributed by atoms with Gasteiger partial charge in [-0.1, -0.05) is 0 Å². The van der Waals surface area contributed by atoms with E-state index >= 15 is 0 Å². The minimum atomic E-state index is 0.567. The maximum absolute atomic E-state index is 5.24. The van der Waals surface area contributed by atoms with Crippen molar-refractivity contribution >= 4 is 5.82 Å². The van der Waals surface area contributed by atoms with Gasteiger partial charge in [0.1, 0.15) is 11.6 Å². The van der Waals surface area contributed by atoms with E-state index in [4.69, 9.17) is 4.74 Å². The van der Waals surface area contributed by atoms with Gasteiger partial charge in [0.25, 0.3) is 0 Å². The summed E-state index contributed by atoms with van der Waals surface area (Å²) in [5, 5.41) is 3.68. The molecule has 0 spiro atoms. The third-order valence-electron chi connectivity index (χ3n) is 4.37. The van der Waals surface area contributed by atoms with Crippen LogP contribution in [0.3, 0.4) is 0 Å². The van der Waals surface area contributed by atoms with Crippen LogP contribution < -0.4 is 15.0 Å². The largest absolute Gasteiger partial charge is 0.481 e. The van der Waals surface area contributed by atoms with Gasteiger partial charge in [-0.25, -0.2) is 4.98 Å². The number of hydrogen-bond donors (Lipinski definition) is 1. The number of nitrogens with one attached hydrogen (secondary N) is 1. The Hall–Kier alpha value is -1.36. The monoisotopic (exact) mass is 262 g/mol. The van der Waals surface area contributed by atoms with Gasteiger partial charge in [-0.2, -0.15) is 4.98 Å². The molecular weight excluding hydrogens is 240 g/mol. The van der Waals surface area contributed by atoms with Crippen LogP contribution in [0.1, 0.15) is 31.5 Å². The molecule has 2 aliphatic rings. The summed E-state index contributed by atoms with van der Waals surface area (Å²) >= 11 is 0. The summed E-state index contributed by atoms with van der Waals surface area (Å²) in [5.74, 6) is 2.38. The number of fused-ring (bicyclic) bond motifs is 2. The number of anilines is 1. The molecule has 0 saturated carbocycles. The molecule has 2 atom stereocenters. The lowest BCUT2D eigenvalue weighted by Gasteiger charge is -2.36. The Bertz CT molecular complexity index is 453. The van der Waals surface area contributed by atoms with Crippen molar-refractivity contribution in [2.24, 2.45) is 0 Å². The van der Waals surface area contributed by atoms with Gasteiger partial charge in [-0.15, -0.1) is 0 Å². The van der Waals surface area contributed by atoms with Crippen molar-refractivity contribution in [1.82, 2.24) is 15.3 Å². The Labute approximate surface area is 114 Å². The number of ether oxygens (including phenoxy) is 1. The lowest BCUT2D eigenvalue weighted by atomic mass is 9.98. The summed E-state index contributed by atoms with van der Waals surface area (Å²) in [5.41, 5.74) is 0. The number of rotatable bonds is 3. The van der Waals surface area contributed by atoms with E-state index in [1.807, 2.05) is 13.0 Å². The minimum absolute atomic E-state index is 0.567. The third kappa shape index (κ3) is 2.52. The fourth-order valence-corrected chi connectivity index (χ4v) is 3.34. The topological polar surface area (TPSA) is 50.3 Å². The molecule has 0 aromatic carbocycles. The Morgan fingerprint density at radius 2 is 1.95 bits per heavy atom. The highest BCUT2D eigenvalue weighted by Gasteiger charge is 2.35. The number of hydrogen-bond acceptors (Lipinski definition) is 5. The van der Waals surface area contributed by atoms with E-state index in [2.05, 4.69) is 27.2 Å². The minimum Gasteiger partial charge on any atom is -0.481 e. The zero-order chi connectivity index (χ0) is 13.4. The van der Waals surface area contributed by atoms with Gasteiger partial charge in [0.05, 0.1) is 7.11 Å². The fraction of sp³-hybridized carbons (Fsp3) is 0.714. The number of nitrogens with zero attached hydrogens (tertiary/aromatic N) is 3. The van der Waals surface area contributed by atoms with Crippen LogP contribution in [-0.4, -0.2) is 42.3 Å². The highest BCUT2D eigenvalue weighted by Crippen LogP contribution is 2.31. The van der Waals surface area contributed by atoms with Crippen molar-refractivity contribution in [3.63, 3.8) is 0 Å². The zero-order valence-corrected chi connectivity index (χ0v) is 11.9. The fourth-order valence-electron chi connectivity index (χ4n) is 3.34. The first-order valence-electron chi connectivity index (χ1n) is 7.04. The second-order valence-electron chi connectivity index (χ2n) is 5.69.